The zero-order valence-electron chi connectivity index (χ0n) is 13.2. The van der Waals surface area contributed by atoms with Gasteiger partial charge in [0.2, 0.25) is 0 Å². The molecule has 118 valence electrons. The normalized spacial score (nSPS) is 16.5. The molecule has 1 aliphatic heterocycles. The highest BCUT2D eigenvalue weighted by molar-refractivity contribution is 7.10. The van der Waals surface area contributed by atoms with Crippen LogP contribution in [0.3, 0.4) is 0 Å². The van der Waals surface area contributed by atoms with E-state index >= 15 is 0 Å². The summed E-state index contributed by atoms with van der Waals surface area (Å²) >= 11 is 1.86. The van der Waals surface area contributed by atoms with E-state index in [4.69, 9.17) is 0 Å². The minimum absolute atomic E-state index is 0.0554. The summed E-state index contributed by atoms with van der Waals surface area (Å²) in [5.41, 5.74) is 2.31. The van der Waals surface area contributed by atoms with Gasteiger partial charge in [-0.1, -0.05) is 44.4 Å². The maximum absolute atomic E-state index is 14.3. The first-order valence-electron chi connectivity index (χ1n) is 8.33. The maximum Gasteiger partial charge on any atom is 0.127 e. The van der Waals surface area contributed by atoms with Crippen molar-refractivity contribution in [3.63, 3.8) is 0 Å². The topological polar surface area (TPSA) is 3.24 Å². The van der Waals surface area contributed by atoms with Gasteiger partial charge in [-0.25, -0.2) is 4.39 Å². The van der Waals surface area contributed by atoms with Crippen LogP contribution in [0.1, 0.15) is 54.7 Å². The molecular formula is C19H24FNS. The average Bonchev–Trinajstić information content (AvgIpc) is 3.00. The van der Waals surface area contributed by atoms with Gasteiger partial charge < -0.3 is 0 Å². The Labute approximate surface area is 136 Å². The van der Waals surface area contributed by atoms with Crippen molar-refractivity contribution in [3.05, 3.63) is 57.5 Å². The van der Waals surface area contributed by atoms with E-state index in [1.54, 1.807) is 12.1 Å². The van der Waals surface area contributed by atoms with E-state index in [0.29, 0.717) is 0 Å². The number of nitrogens with zero attached hydrogens (tertiary/aromatic N) is 1. The summed E-state index contributed by atoms with van der Waals surface area (Å²) in [5.74, 6) is -0.0554. The summed E-state index contributed by atoms with van der Waals surface area (Å²) in [6.45, 7) is 4.22. The molecule has 0 saturated heterocycles. The minimum atomic E-state index is -0.0554. The second kappa shape index (κ2) is 7.38. The van der Waals surface area contributed by atoms with Gasteiger partial charge in [-0.05, 0) is 35.9 Å². The van der Waals surface area contributed by atoms with Crippen molar-refractivity contribution < 1.29 is 4.39 Å². The van der Waals surface area contributed by atoms with Crippen LogP contribution < -0.4 is 0 Å². The fourth-order valence-corrected chi connectivity index (χ4v) is 4.29. The van der Waals surface area contributed by atoms with E-state index < -0.39 is 0 Å². The first-order valence-corrected chi connectivity index (χ1v) is 9.21. The highest BCUT2D eigenvalue weighted by Crippen LogP contribution is 2.34. The SMILES string of the molecule is CCCCCC(c1ccccc1F)N1CCc2sccc2C1. The third-order valence-electron chi connectivity index (χ3n) is 4.62. The van der Waals surface area contributed by atoms with Crippen LogP contribution >= 0.6 is 11.3 Å². The van der Waals surface area contributed by atoms with Crippen LogP contribution in [0.4, 0.5) is 4.39 Å². The third-order valence-corrected chi connectivity index (χ3v) is 5.65. The summed E-state index contributed by atoms with van der Waals surface area (Å²) in [7, 11) is 0. The molecule has 1 unspecified atom stereocenters. The van der Waals surface area contributed by atoms with Gasteiger partial charge in [-0.15, -0.1) is 11.3 Å². The molecule has 0 radical (unpaired) electrons. The zero-order chi connectivity index (χ0) is 15.4. The van der Waals surface area contributed by atoms with Crippen molar-refractivity contribution in [2.45, 2.75) is 51.6 Å². The van der Waals surface area contributed by atoms with E-state index in [1.165, 1.54) is 29.7 Å². The molecule has 1 atom stereocenters. The molecule has 0 amide bonds. The number of unbranched alkanes of at least 4 members (excludes halogenated alkanes) is 2. The van der Waals surface area contributed by atoms with Crippen LogP contribution in [0.15, 0.2) is 35.7 Å². The quantitative estimate of drug-likeness (QED) is 0.630. The Morgan fingerprint density at radius 3 is 2.91 bits per heavy atom. The van der Waals surface area contributed by atoms with Gasteiger partial charge in [0.15, 0.2) is 0 Å². The Morgan fingerprint density at radius 2 is 2.09 bits per heavy atom. The molecule has 1 aromatic carbocycles. The molecule has 1 aliphatic rings. The second-order valence-electron chi connectivity index (χ2n) is 6.12. The number of fused-ring (bicyclic) bond motifs is 1. The van der Waals surface area contributed by atoms with Gasteiger partial charge in [0.1, 0.15) is 5.82 Å². The van der Waals surface area contributed by atoms with Crippen LogP contribution in [0.5, 0.6) is 0 Å². The summed E-state index contributed by atoms with van der Waals surface area (Å²) in [5, 5.41) is 2.18. The molecule has 1 aromatic heterocycles. The molecule has 1 nitrogen and oxygen atoms in total. The van der Waals surface area contributed by atoms with Crippen LogP contribution in [0.25, 0.3) is 0 Å². The highest BCUT2D eigenvalue weighted by atomic mass is 32.1. The van der Waals surface area contributed by atoms with E-state index in [-0.39, 0.29) is 11.9 Å². The van der Waals surface area contributed by atoms with Gasteiger partial charge in [-0.2, -0.15) is 0 Å². The lowest BCUT2D eigenvalue weighted by Crippen LogP contribution is -2.34. The lowest BCUT2D eigenvalue weighted by Gasteiger charge is -2.35. The van der Waals surface area contributed by atoms with Crippen molar-refractivity contribution in [2.24, 2.45) is 0 Å². The Balaban J connectivity index is 1.81. The number of hydrogen-bond donors (Lipinski definition) is 0. The van der Waals surface area contributed by atoms with Gasteiger partial charge in [0.05, 0.1) is 0 Å². The summed E-state index contributed by atoms with van der Waals surface area (Å²) in [4.78, 5) is 3.99. The van der Waals surface area contributed by atoms with Crippen LogP contribution in [-0.4, -0.2) is 11.4 Å². The largest absolute Gasteiger partial charge is 0.292 e. The molecule has 2 aromatic rings. The first-order chi connectivity index (χ1) is 10.8. The minimum Gasteiger partial charge on any atom is -0.292 e. The fraction of sp³-hybridized carbons (Fsp3) is 0.474. The summed E-state index contributed by atoms with van der Waals surface area (Å²) in [6.07, 6.45) is 5.75. The maximum atomic E-state index is 14.3. The number of hydrogen-bond acceptors (Lipinski definition) is 2. The molecule has 0 saturated carbocycles. The van der Waals surface area contributed by atoms with E-state index in [1.807, 2.05) is 23.5 Å². The third kappa shape index (κ3) is 3.41. The Hall–Kier alpha value is -1.19. The van der Waals surface area contributed by atoms with Crippen LogP contribution in [0, 0.1) is 5.82 Å². The first kappa shape index (κ1) is 15.7. The van der Waals surface area contributed by atoms with Crippen LogP contribution in [-0.2, 0) is 13.0 Å². The van der Waals surface area contributed by atoms with Crippen molar-refractivity contribution >= 4 is 11.3 Å². The van der Waals surface area contributed by atoms with Gasteiger partial charge in [0, 0.05) is 29.6 Å². The second-order valence-corrected chi connectivity index (χ2v) is 7.12. The number of halogens is 1. The molecule has 0 N–H and O–H groups in total. The van der Waals surface area contributed by atoms with Gasteiger partial charge in [0.25, 0.3) is 0 Å². The molecule has 0 bridgehead atoms. The lowest BCUT2D eigenvalue weighted by atomic mass is 9.96. The van der Waals surface area contributed by atoms with Gasteiger partial charge >= 0.3 is 0 Å². The molecule has 0 fully saturated rings. The smallest absolute Gasteiger partial charge is 0.127 e. The fourth-order valence-electron chi connectivity index (χ4n) is 3.40. The van der Waals surface area contributed by atoms with E-state index in [2.05, 4.69) is 23.3 Å². The van der Waals surface area contributed by atoms with Crippen molar-refractivity contribution in [3.8, 4) is 0 Å². The summed E-state index contributed by atoms with van der Waals surface area (Å²) < 4.78 is 14.3. The van der Waals surface area contributed by atoms with E-state index in [9.17, 15) is 4.39 Å². The predicted octanol–water partition coefficient (Wildman–Crippen LogP) is 5.57. The molecule has 22 heavy (non-hydrogen) atoms. The Bertz CT molecular complexity index is 607. The summed E-state index contributed by atoms with van der Waals surface area (Å²) in [6, 6.07) is 9.76. The van der Waals surface area contributed by atoms with Crippen molar-refractivity contribution in [2.75, 3.05) is 6.54 Å². The van der Waals surface area contributed by atoms with E-state index in [0.717, 1.165) is 31.5 Å². The molecule has 2 heterocycles. The molecule has 3 heteroatoms. The Kier molecular flexibility index (Phi) is 5.27. The molecule has 3 rings (SSSR count). The Morgan fingerprint density at radius 1 is 1.23 bits per heavy atom. The number of benzene rings is 1. The monoisotopic (exact) mass is 317 g/mol. The molecule has 0 spiro atoms. The standard InChI is InChI=1S/C19H24FNS/c1-2-3-4-9-18(16-7-5-6-8-17(16)20)21-12-10-19-15(14-21)11-13-22-19/h5-8,11,13,18H,2-4,9-10,12,14H2,1H3. The lowest BCUT2D eigenvalue weighted by molar-refractivity contribution is 0.165. The van der Waals surface area contributed by atoms with Crippen LogP contribution in [0.2, 0.25) is 0 Å². The average molecular weight is 317 g/mol. The highest BCUT2D eigenvalue weighted by Gasteiger charge is 2.26. The van der Waals surface area contributed by atoms with Gasteiger partial charge in [-0.3, -0.25) is 4.90 Å². The molecule has 0 aliphatic carbocycles. The molecular weight excluding hydrogens is 293 g/mol. The number of rotatable bonds is 6. The number of thiophene rings is 1. The predicted molar refractivity (Wildman–Crippen MR) is 91.7 cm³/mol. The zero-order valence-corrected chi connectivity index (χ0v) is 14.0. The van der Waals surface area contributed by atoms with Crippen molar-refractivity contribution in [1.82, 2.24) is 4.90 Å². The van der Waals surface area contributed by atoms with Crippen molar-refractivity contribution in [1.29, 1.82) is 0 Å².